The van der Waals surface area contributed by atoms with Crippen LogP contribution in [0.1, 0.15) is 51.2 Å². The van der Waals surface area contributed by atoms with Crippen LogP contribution >= 0.6 is 0 Å². The summed E-state index contributed by atoms with van der Waals surface area (Å²) in [6.07, 6.45) is 0.328. The van der Waals surface area contributed by atoms with Crippen molar-refractivity contribution in [2.75, 3.05) is 0 Å². The van der Waals surface area contributed by atoms with Crippen LogP contribution in [0.25, 0.3) is 0 Å². The number of carboxylic acid groups (broad SMARTS) is 1. The van der Waals surface area contributed by atoms with Gasteiger partial charge in [-0.3, -0.25) is 9.59 Å². The Morgan fingerprint density at radius 1 is 1.06 bits per heavy atom. The number of alkyl carbamates (subject to hydrolysis) is 1. The number of benzene rings is 2. The van der Waals surface area contributed by atoms with Crippen LogP contribution in [-0.2, 0) is 26.3 Å². The molecule has 7 heteroatoms. The summed E-state index contributed by atoms with van der Waals surface area (Å²) >= 11 is 0. The number of amides is 2. The summed E-state index contributed by atoms with van der Waals surface area (Å²) in [5.41, 5.74) is 0.707. The minimum atomic E-state index is -0.908. The highest BCUT2D eigenvalue weighted by molar-refractivity contribution is 5.76. The van der Waals surface area contributed by atoms with Crippen molar-refractivity contribution < 1.29 is 24.2 Å². The fraction of sp³-hybridized carbons (Fsp3) is 0.423. The third-order valence-corrected chi connectivity index (χ3v) is 6.45. The molecule has 176 valence electrons. The maximum atomic E-state index is 12.7. The van der Waals surface area contributed by atoms with Crippen molar-refractivity contribution in [1.29, 1.82) is 0 Å². The van der Waals surface area contributed by atoms with E-state index in [4.69, 9.17) is 4.74 Å². The molecule has 0 radical (unpaired) electrons. The van der Waals surface area contributed by atoms with Crippen LogP contribution in [0.15, 0.2) is 60.7 Å². The lowest BCUT2D eigenvalue weighted by Gasteiger charge is -2.52. The summed E-state index contributed by atoms with van der Waals surface area (Å²) < 4.78 is 5.41. The maximum Gasteiger partial charge on any atom is 0.407 e. The number of hydrogen-bond acceptors (Lipinski definition) is 4. The van der Waals surface area contributed by atoms with E-state index in [2.05, 4.69) is 24.5 Å². The Bertz CT molecular complexity index is 969. The van der Waals surface area contributed by atoms with E-state index in [1.54, 1.807) is 0 Å². The lowest BCUT2D eigenvalue weighted by molar-refractivity contribution is -0.148. The van der Waals surface area contributed by atoms with Gasteiger partial charge in [-0.25, -0.2) is 4.79 Å². The van der Waals surface area contributed by atoms with Crippen molar-refractivity contribution in [2.45, 2.75) is 63.6 Å². The Morgan fingerprint density at radius 2 is 1.64 bits per heavy atom. The molecule has 2 amide bonds. The SMILES string of the molecule is CC(=O)NC(CC(C)(C)c1ccccc1)C1(NC(=O)OCc2ccccc2)CC(C(=O)O)C1. The molecule has 1 unspecified atom stereocenters. The number of rotatable bonds is 9. The second kappa shape index (κ2) is 10.1. The van der Waals surface area contributed by atoms with Crippen LogP contribution in [0.3, 0.4) is 0 Å². The van der Waals surface area contributed by atoms with Crippen molar-refractivity contribution in [3.05, 3.63) is 71.8 Å². The van der Waals surface area contributed by atoms with Crippen LogP contribution in [0.2, 0.25) is 0 Å². The van der Waals surface area contributed by atoms with Gasteiger partial charge in [0.25, 0.3) is 0 Å². The number of hydrogen-bond donors (Lipinski definition) is 3. The second-order valence-corrected chi connectivity index (χ2v) is 9.49. The molecule has 1 fully saturated rings. The highest BCUT2D eigenvalue weighted by Crippen LogP contribution is 2.44. The predicted molar refractivity (Wildman–Crippen MR) is 125 cm³/mol. The first kappa shape index (κ1) is 24.3. The van der Waals surface area contributed by atoms with E-state index in [0.29, 0.717) is 6.42 Å². The second-order valence-electron chi connectivity index (χ2n) is 9.49. The van der Waals surface area contributed by atoms with Gasteiger partial charge in [0, 0.05) is 6.92 Å². The molecule has 1 atom stereocenters. The van der Waals surface area contributed by atoms with Crippen molar-refractivity contribution in [3.8, 4) is 0 Å². The Labute approximate surface area is 194 Å². The zero-order valence-corrected chi connectivity index (χ0v) is 19.3. The average molecular weight is 453 g/mol. The highest BCUT2D eigenvalue weighted by Gasteiger charge is 2.55. The van der Waals surface area contributed by atoms with Crippen LogP contribution in [0.5, 0.6) is 0 Å². The van der Waals surface area contributed by atoms with Crippen molar-refractivity contribution >= 4 is 18.0 Å². The molecule has 1 aliphatic carbocycles. The van der Waals surface area contributed by atoms with Gasteiger partial charge in [-0.15, -0.1) is 0 Å². The molecule has 0 saturated heterocycles. The number of carbonyl (C=O) groups is 3. The fourth-order valence-corrected chi connectivity index (χ4v) is 4.58. The third-order valence-electron chi connectivity index (χ3n) is 6.45. The minimum absolute atomic E-state index is 0.103. The first-order valence-electron chi connectivity index (χ1n) is 11.2. The van der Waals surface area contributed by atoms with Gasteiger partial charge in [0.1, 0.15) is 6.61 Å². The standard InChI is InChI=1S/C26H32N2O5/c1-18(29)27-22(16-25(2,3)21-12-8-5-9-13-21)26(14-20(15-26)23(30)31)28-24(32)33-17-19-10-6-4-7-11-19/h4-13,20,22H,14-17H2,1-3H3,(H,27,29)(H,28,32)(H,30,31). The molecular formula is C26H32N2O5. The molecular weight excluding hydrogens is 420 g/mol. The van der Waals surface area contributed by atoms with E-state index in [1.807, 2.05) is 60.7 Å². The van der Waals surface area contributed by atoms with Crippen LogP contribution in [0, 0.1) is 5.92 Å². The molecule has 7 nitrogen and oxygen atoms in total. The van der Waals surface area contributed by atoms with E-state index in [1.165, 1.54) is 6.92 Å². The fourth-order valence-electron chi connectivity index (χ4n) is 4.58. The molecule has 1 saturated carbocycles. The minimum Gasteiger partial charge on any atom is -0.481 e. The summed E-state index contributed by atoms with van der Waals surface area (Å²) in [5, 5.41) is 15.4. The Kier molecular flexibility index (Phi) is 7.41. The van der Waals surface area contributed by atoms with Gasteiger partial charge in [-0.1, -0.05) is 74.5 Å². The molecule has 33 heavy (non-hydrogen) atoms. The molecule has 0 aliphatic heterocycles. The van der Waals surface area contributed by atoms with Gasteiger partial charge in [0.05, 0.1) is 17.5 Å². The van der Waals surface area contributed by atoms with E-state index in [9.17, 15) is 19.5 Å². The molecule has 2 aromatic carbocycles. The molecule has 0 heterocycles. The van der Waals surface area contributed by atoms with E-state index in [-0.39, 0.29) is 30.8 Å². The van der Waals surface area contributed by atoms with E-state index < -0.39 is 29.6 Å². The number of carboxylic acids is 1. The molecule has 1 aliphatic rings. The lowest BCUT2D eigenvalue weighted by Crippen LogP contribution is -2.70. The van der Waals surface area contributed by atoms with Gasteiger partial charge in [-0.05, 0) is 35.8 Å². The quantitative estimate of drug-likeness (QED) is 0.533. The van der Waals surface area contributed by atoms with Gasteiger partial charge in [-0.2, -0.15) is 0 Å². The van der Waals surface area contributed by atoms with Crippen molar-refractivity contribution in [2.24, 2.45) is 5.92 Å². The molecule has 0 spiro atoms. The predicted octanol–water partition coefficient (Wildman–Crippen LogP) is 4.02. The van der Waals surface area contributed by atoms with Crippen LogP contribution in [-0.4, -0.2) is 34.7 Å². The summed E-state index contributed by atoms with van der Waals surface area (Å²) in [4.78, 5) is 36.4. The Balaban J connectivity index is 1.80. The number of nitrogens with one attached hydrogen (secondary N) is 2. The monoisotopic (exact) mass is 452 g/mol. The summed E-state index contributed by atoms with van der Waals surface area (Å²) in [7, 11) is 0. The Morgan fingerprint density at radius 3 is 2.18 bits per heavy atom. The van der Waals surface area contributed by atoms with Crippen LogP contribution < -0.4 is 10.6 Å². The van der Waals surface area contributed by atoms with Crippen LogP contribution in [0.4, 0.5) is 4.79 Å². The van der Waals surface area contributed by atoms with E-state index in [0.717, 1.165) is 11.1 Å². The molecule has 3 rings (SSSR count). The summed E-state index contributed by atoms with van der Waals surface area (Å²) in [6, 6.07) is 18.8. The Hall–Kier alpha value is -3.35. The third kappa shape index (κ3) is 6.12. The average Bonchev–Trinajstić information content (AvgIpc) is 2.74. The zero-order chi connectivity index (χ0) is 24.1. The largest absolute Gasteiger partial charge is 0.481 e. The molecule has 3 N–H and O–H groups in total. The van der Waals surface area contributed by atoms with Crippen molar-refractivity contribution in [1.82, 2.24) is 10.6 Å². The van der Waals surface area contributed by atoms with Gasteiger partial charge < -0.3 is 20.5 Å². The number of aliphatic carboxylic acids is 1. The van der Waals surface area contributed by atoms with Gasteiger partial charge in [0.15, 0.2) is 0 Å². The number of carbonyl (C=O) groups excluding carboxylic acids is 2. The van der Waals surface area contributed by atoms with E-state index >= 15 is 0 Å². The summed E-state index contributed by atoms with van der Waals surface area (Å²) in [6.45, 7) is 5.68. The topological polar surface area (TPSA) is 105 Å². The maximum absolute atomic E-state index is 12.7. The normalized spacial score (nSPS) is 20.8. The lowest BCUT2D eigenvalue weighted by atomic mass is 9.61. The first-order valence-corrected chi connectivity index (χ1v) is 11.2. The summed E-state index contributed by atoms with van der Waals surface area (Å²) in [5.74, 6) is -1.73. The van der Waals surface area contributed by atoms with Crippen molar-refractivity contribution in [3.63, 3.8) is 0 Å². The molecule has 0 aromatic heterocycles. The van der Waals surface area contributed by atoms with Gasteiger partial charge >= 0.3 is 12.1 Å². The van der Waals surface area contributed by atoms with Gasteiger partial charge in [0.2, 0.25) is 5.91 Å². The highest BCUT2D eigenvalue weighted by atomic mass is 16.5. The zero-order valence-electron chi connectivity index (χ0n) is 19.3. The first-order chi connectivity index (χ1) is 15.6. The smallest absolute Gasteiger partial charge is 0.407 e. The molecule has 0 bridgehead atoms. The number of ether oxygens (including phenoxy) is 1. The molecule has 2 aromatic rings.